The van der Waals surface area contributed by atoms with Crippen LogP contribution in [0.1, 0.15) is 29.7 Å². The summed E-state index contributed by atoms with van der Waals surface area (Å²) in [5.74, 6) is 0. The summed E-state index contributed by atoms with van der Waals surface area (Å²) in [5, 5.41) is 11.4. The SMILES string of the molecule is CCc1cccc(C(O)c2cc(Cl)cc(Cl)c2)c1. The third-order valence-corrected chi connectivity index (χ3v) is 3.31. The second-order valence-electron chi connectivity index (χ2n) is 4.20. The van der Waals surface area contributed by atoms with Crippen molar-refractivity contribution in [3.05, 3.63) is 69.2 Å². The van der Waals surface area contributed by atoms with Gasteiger partial charge in [0.2, 0.25) is 0 Å². The summed E-state index contributed by atoms with van der Waals surface area (Å²) in [6.45, 7) is 2.09. The quantitative estimate of drug-likeness (QED) is 0.869. The van der Waals surface area contributed by atoms with Gasteiger partial charge in [-0.3, -0.25) is 0 Å². The number of halogens is 2. The van der Waals surface area contributed by atoms with Crippen molar-refractivity contribution >= 4 is 23.2 Å². The predicted octanol–water partition coefficient (Wildman–Crippen LogP) is 4.64. The van der Waals surface area contributed by atoms with E-state index in [4.69, 9.17) is 23.2 Å². The second-order valence-corrected chi connectivity index (χ2v) is 5.08. The van der Waals surface area contributed by atoms with Gasteiger partial charge in [0, 0.05) is 10.0 Å². The molecule has 2 aromatic carbocycles. The first-order valence-electron chi connectivity index (χ1n) is 5.83. The van der Waals surface area contributed by atoms with Crippen molar-refractivity contribution < 1.29 is 5.11 Å². The molecule has 0 aromatic heterocycles. The van der Waals surface area contributed by atoms with Crippen molar-refractivity contribution in [3.8, 4) is 0 Å². The maximum Gasteiger partial charge on any atom is 0.104 e. The lowest BCUT2D eigenvalue weighted by atomic mass is 9.99. The van der Waals surface area contributed by atoms with Crippen molar-refractivity contribution in [2.24, 2.45) is 0 Å². The Kier molecular flexibility index (Phi) is 4.28. The third kappa shape index (κ3) is 3.05. The van der Waals surface area contributed by atoms with E-state index in [1.54, 1.807) is 18.2 Å². The second kappa shape index (κ2) is 5.75. The molecule has 2 rings (SSSR count). The molecule has 0 spiro atoms. The van der Waals surface area contributed by atoms with Crippen LogP contribution in [0.15, 0.2) is 42.5 Å². The fourth-order valence-corrected chi connectivity index (χ4v) is 2.45. The zero-order valence-electron chi connectivity index (χ0n) is 10.0. The summed E-state index contributed by atoms with van der Waals surface area (Å²) < 4.78 is 0. The minimum absolute atomic E-state index is 0.531. The largest absolute Gasteiger partial charge is 0.384 e. The van der Waals surface area contributed by atoms with Crippen molar-refractivity contribution in [3.63, 3.8) is 0 Å². The number of hydrogen-bond acceptors (Lipinski definition) is 1. The highest BCUT2D eigenvalue weighted by molar-refractivity contribution is 6.34. The number of aryl methyl sites for hydroxylation is 1. The molecule has 1 atom stereocenters. The van der Waals surface area contributed by atoms with E-state index in [0.717, 1.165) is 12.0 Å². The molecule has 0 amide bonds. The molecule has 2 aromatic rings. The Labute approximate surface area is 117 Å². The van der Waals surface area contributed by atoms with Gasteiger partial charge < -0.3 is 5.11 Å². The van der Waals surface area contributed by atoms with Crippen LogP contribution in [0.25, 0.3) is 0 Å². The molecular formula is C15H14Cl2O. The van der Waals surface area contributed by atoms with Gasteiger partial charge in [0.15, 0.2) is 0 Å². The summed E-state index contributed by atoms with van der Waals surface area (Å²) >= 11 is 11.9. The molecule has 0 aliphatic carbocycles. The topological polar surface area (TPSA) is 20.2 Å². The fourth-order valence-electron chi connectivity index (χ4n) is 1.91. The number of benzene rings is 2. The molecule has 0 heterocycles. The zero-order valence-corrected chi connectivity index (χ0v) is 11.5. The van der Waals surface area contributed by atoms with Crippen LogP contribution in [0.2, 0.25) is 10.0 Å². The number of rotatable bonds is 3. The lowest BCUT2D eigenvalue weighted by molar-refractivity contribution is 0.220. The first-order valence-corrected chi connectivity index (χ1v) is 6.58. The smallest absolute Gasteiger partial charge is 0.104 e. The van der Waals surface area contributed by atoms with Crippen molar-refractivity contribution in [2.45, 2.75) is 19.4 Å². The van der Waals surface area contributed by atoms with Gasteiger partial charge in [0.05, 0.1) is 0 Å². The average molecular weight is 281 g/mol. The summed E-state index contributed by atoms with van der Waals surface area (Å²) in [4.78, 5) is 0. The Bertz CT molecular complexity index is 532. The van der Waals surface area contributed by atoms with Gasteiger partial charge in [-0.2, -0.15) is 0 Å². The molecule has 1 N–H and O–H groups in total. The van der Waals surface area contributed by atoms with E-state index < -0.39 is 6.10 Å². The molecule has 3 heteroatoms. The summed E-state index contributed by atoms with van der Waals surface area (Å²) in [7, 11) is 0. The first kappa shape index (κ1) is 13.4. The van der Waals surface area contributed by atoms with Crippen molar-refractivity contribution in [1.82, 2.24) is 0 Å². The lowest BCUT2D eigenvalue weighted by Gasteiger charge is -2.13. The van der Waals surface area contributed by atoms with E-state index in [1.165, 1.54) is 5.56 Å². The molecule has 0 aliphatic rings. The van der Waals surface area contributed by atoms with E-state index in [9.17, 15) is 5.11 Å². The summed E-state index contributed by atoms with van der Waals surface area (Å²) in [6.07, 6.45) is 0.240. The molecule has 94 valence electrons. The highest BCUT2D eigenvalue weighted by atomic mass is 35.5. The van der Waals surface area contributed by atoms with Crippen molar-refractivity contribution in [2.75, 3.05) is 0 Å². The van der Waals surface area contributed by atoms with Gasteiger partial charge >= 0.3 is 0 Å². The minimum atomic E-state index is -0.701. The molecule has 0 radical (unpaired) electrons. The van der Waals surface area contributed by atoms with E-state index in [1.807, 2.05) is 24.3 Å². The van der Waals surface area contributed by atoms with E-state index >= 15 is 0 Å². The van der Waals surface area contributed by atoms with Gasteiger partial charge in [-0.15, -0.1) is 0 Å². The van der Waals surface area contributed by atoms with Crippen LogP contribution in [-0.4, -0.2) is 5.11 Å². The molecular weight excluding hydrogens is 267 g/mol. The number of aliphatic hydroxyl groups is 1. The normalized spacial score (nSPS) is 12.4. The highest BCUT2D eigenvalue weighted by Gasteiger charge is 2.12. The number of aliphatic hydroxyl groups excluding tert-OH is 1. The molecule has 0 aliphatic heterocycles. The first-order chi connectivity index (χ1) is 8.60. The van der Waals surface area contributed by atoms with E-state index in [0.29, 0.717) is 15.6 Å². The molecule has 0 fully saturated rings. The molecule has 1 unspecified atom stereocenters. The Balaban J connectivity index is 2.37. The maximum atomic E-state index is 10.3. The molecule has 0 bridgehead atoms. The van der Waals surface area contributed by atoms with E-state index in [2.05, 4.69) is 6.92 Å². The van der Waals surface area contributed by atoms with Crippen LogP contribution in [0.4, 0.5) is 0 Å². The standard InChI is InChI=1S/C15H14Cl2O/c1-2-10-4-3-5-11(6-10)15(18)12-7-13(16)9-14(17)8-12/h3-9,15,18H,2H2,1H3. The third-order valence-electron chi connectivity index (χ3n) is 2.88. The van der Waals surface area contributed by atoms with Gasteiger partial charge in [-0.1, -0.05) is 54.4 Å². The van der Waals surface area contributed by atoms with Crippen LogP contribution < -0.4 is 0 Å². The van der Waals surface area contributed by atoms with Gasteiger partial charge in [-0.25, -0.2) is 0 Å². The van der Waals surface area contributed by atoms with Gasteiger partial charge in [0.25, 0.3) is 0 Å². The summed E-state index contributed by atoms with van der Waals surface area (Å²) in [6, 6.07) is 13.0. The molecule has 18 heavy (non-hydrogen) atoms. The van der Waals surface area contributed by atoms with Crippen LogP contribution in [0.5, 0.6) is 0 Å². The fraction of sp³-hybridized carbons (Fsp3) is 0.200. The van der Waals surface area contributed by atoms with Crippen LogP contribution >= 0.6 is 23.2 Å². The Hall–Kier alpha value is -1.02. The zero-order chi connectivity index (χ0) is 13.1. The monoisotopic (exact) mass is 280 g/mol. The van der Waals surface area contributed by atoms with Crippen LogP contribution in [0.3, 0.4) is 0 Å². The maximum absolute atomic E-state index is 10.3. The Morgan fingerprint density at radius 1 is 1.00 bits per heavy atom. The van der Waals surface area contributed by atoms with Crippen LogP contribution in [0, 0.1) is 0 Å². The highest BCUT2D eigenvalue weighted by Crippen LogP contribution is 2.28. The molecule has 0 saturated heterocycles. The molecule has 0 saturated carbocycles. The van der Waals surface area contributed by atoms with Crippen LogP contribution in [-0.2, 0) is 6.42 Å². The van der Waals surface area contributed by atoms with Gasteiger partial charge in [-0.05, 0) is 41.3 Å². The Morgan fingerprint density at radius 2 is 1.67 bits per heavy atom. The number of hydrogen-bond donors (Lipinski definition) is 1. The Morgan fingerprint density at radius 3 is 2.28 bits per heavy atom. The molecule has 1 nitrogen and oxygen atoms in total. The van der Waals surface area contributed by atoms with Crippen molar-refractivity contribution in [1.29, 1.82) is 0 Å². The summed E-state index contributed by atoms with van der Waals surface area (Å²) in [5.41, 5.74) is 2.76. The lowest BCUT2D eigenvalue weighted by Crippen LogP contribution is -2.00. The minimum Gasteiger partial charge on any atom is -0.384 e. The van der Waals surface area contributed by atoms with Gasteiger partial charge in [0.1, 0.15) is 6.10 Å². The average Bonchev–Trinajstić information content (AvgIpc) is 2.37. The predicted molar refractivity (Wildman–Crippen MR) is 76.3 cm³/mol. The van der Waals surface area contributed by atoms with E-state index in [-0.39, 0.29) is 0 Å².